The van der Waals surface area contributed by atoms with Gasteiger partial charge < -0.3 is 11.1 Å². The van der Waals surface area contributed by atoms with Crippen LogP contribution in [-0.4, -0.2) is 18.5 Å². The van der Waals surface area contributed by atoms with Crippen LogP contribution in [-0.2, 0) is 4.79 Å². The van der Waals surface area contributed by atoms with Gasteiger partial charge in [-0.05, 0) is 43.9 Å². The van der Waals surface area contributed by atoms with E-state index in [4.69, 9.17) is 5.73 Å². The van der Waals surface area contributed by atoms with Crippen LogP contribution in [0.3, 0.4) is 0 Å². The first-order chi connectivity index (χ1) is 9.24. The van der Waals surface area contributed by atoms with Crippen molar-refractivity contribution in [2.75, 3.05) is 6.54 Å². The number of carbonyl (C=O) groups is 1. The van der Waals surface area contributed by atoms with Crippen molar-refractivity contribution in [2.45, 2.75) is 76.7 Å². The summed E-state index contributed by atoms with van der Waals surface area (Å²) in [7, 11) is 0. The van der Waals surface area contributed by atoms with Gasteiger partial charge in [0.2, 0.25) is 5.91 Å². The van der Waals surface area contributed by atoms with Crippen LogP contribution in [0, 0.1) is 11.8 Å². The van der Waals surface area contributed by atoms with Crippen molar-refractivity contribution in [3.8, 4) is 0 Å². The van der Waals surface area contributed by atoms with Gasteiger partial charge in [-0.1, -0.05) is 32.1 Å². The number of rotatable bonds is 4. The molecule has 0 aliphatic heterocycles. The number of hydrogen-bond acceptors (Lipinski definition) is 2. The molecule has 2 saturated carbocycles. The van der Waals surface area contributed by atoms with Crippen molar-refractivity contribution in [3.05, 3.63) is 0 Å². The molecule has 0 radical (unpaired) electrons. The minimum absolute atomic E-state index is 0. The summed E-state index contributed by atoms with van der Waals surface area (Å²) in [6.45, 7) is 0.846. The molecule has 0 aromatic carbocycles. The third kappa shape index (κ3) is 6.45. The first-order valence-electron chi connectivity index (χ1n) is 8.26. The summed E-state index contributed by atoms with van der Waals surface area (Å²) < 4.78 is 0. The Morgan fingerprint density at radius 2 is 1.60 bits per heavy atom. The molecule has 0 aromatic rings. The fraction of sp³-hybridized carbons (Fsp3) is 0.938. The zero-order chi connectivity index (χ0) is 13.5. The highest BCUT2D eigenvalue weighted by molar-refractivity contribution is 5.85. The van der Waals surface area contributed by atoms with Crippen LogP contribution in [0.5, 0.6) is 0 Å². The molecule has 118 valence electrons. The molecule has 3 nitrogen and oxygen atoms in total. The molecule has 3 N–H and O–H groups in total. The van der Waals surface area contributed by atoms with Gasteiger partial charge >= 0.3 is 0 Å². The summed E-state index contributed by atoms with van der Waals surface area (Å²) in [6.07, 6.45) is 13.3. The summed E-state index contributed by atoms with van der Waals surface area (Å²) in [4.78, 5) is 12.0. The summed E-state index contributed by atoms with van der Waals surface area (Å²) >= 11 is 0. The van der Waals surface area contributed by atoms with Crippen molar-refractivity contribution in [1.82, 2.24) is 5.32 Å². The SMILES string of the molecule is Cl.NC1CCCC(CNC(=O)CC2CCCCCC2)C1. The molecule has 0 heterocycles. The fourth-order valence-corrected chi connectivity index (χ4v) is 3.68. The molecule has 4 heteroatoms. The Hall–Kier alpha value is -0.280. The van der Waals surface area contributed by atoms with E-state index in [1.807, 2.05) is 0 Å². The van der Waals surface area contributed by atoms with E-state index in [1.165, 1.54) is 51.4 Å². The van der Waals surface area contributed by atoms with E-state index in [9.17, 15) is 4.79 Å². The first kappa shape index (κ1) is 17.8. The maximum Gasteiger partial charge on any atom is 0.220 e. The van der Waals surface area contributed by atoms with Gasteiger partial charge in [-0.3, -0.25) is 4.79 Å². The second-order valence-corrected chi connectivity index (χ2v) is 6.66. The number of halogens is 1. The Labute approximate surface area is 129 Å². The molecule has 20 heavy (non-hydrogen) atoms. The molecule has 1 amide bonds. The Bertz CT molecular complexity index is 278. The van der Waals surface area contributed by atoms with Crippen LogP contribution in [0.15, 0.2) is 0 Å². The second kappa shape index (κ2) is 9.62. The summed E-state index contributed by atoms with van der Waals surface area (Å²) in [5.74, 6) is 1.52. The highest BCUT2D eigenvalue weighted by Crippen LogP contribution is 2.26. The molecular weight excluding hydrogens is 272 g/mol. The van der Waals surface area contributed by atoms with Crippen LogP contribution in [0.25, 0.3) is 0 Å². The minimum atomic E-state index is 0. The highest BCUT2D eigenvalue weighted by atomic mass is 35.5. The summed E-state index contributed by atoms with van der Waals surface area (Å²) in [5.41, 5.74) is 5.99. The number of carbonyl (C=O) groups excluding carboxylic acids is 1. The smallest absolute Gasteiger partial charge is 0.220 e. The standard InChI is InChI=1S/C16H30N2O.ClH/c17-15-9-5-8-14(10-15)12-18-16(19)11-13-6-3-1-2-4-7-13;/h13-15H,1-12,17H2,(H,18,19);1H. The average Bonchev–Trinajstić information content (AvgIpc) is 2.65. The quantitative estimate of drug-likeness (QED) is 0.782. The predicted octanol–water partition coefficient (Wildman–Crippen LogP) is 3.40. The van der Waals surface area contributed by atoms with E-state index in [0.29, 0.717) is 17.9 Å². The van der Waals surface area contributed by atoms with Crippen molar-refractivity contribution in [3.63, 3.8) is 0 Å². The van der Waals surface area contributed by atoms with E-state index < -0.39 is 0 Å². The van der Waals surface area contributed by atoms with E-state index >= 15 is 0 Å². The van der Waals surface area contributed by atoms with Crippen molar-refractivity contribution in [2.24, 2.45) is 17.6 Å². The fourth-order valence-electron chi connectivity index (χ4n) is 3.68. The number of hydrogen-bond donors (Lipinski definition) is 2. The largest absolute Gasteiger partial charge is 0.356 e. The molecule has 0 spiro atoms. The second-order valence-electron chi connectivity index (χ2n) is 6.66. The lowest BCUT2D eigenvalue weighted by Gasteiger charge is -2.26. The van der Waals surface area contributed by atoms with Crippen LogP contribution >= 0.6 is 12.4 Å². The number of amides is 1. The topological polar surface area (TPSA) is 55.1 Å². The van der Waals surface area contributed by atoms with Crippen LogP contribution in [0.2, 0.25) is 0 Å². The third-order valence-corrected chi connectivity index (χ3v) is 4.86. The lowest BCUT2D eigenvalue weighted by Crippen LogP contribution is -2.36. The minimum Gasteiger partial charge on any atom is -0.356 e. The average molecular weight is 303 g/mol. The van der Waals surface area contributed by atoms with Gasteiger partial charge in [-0.2, -0.15) is 0 Å². The molecule has 2 atom stereocenters. The Kier molecular flexibility index (Phi) is 8.55. The molecule has 0 saturated heterocycles. The summed E-state index contributed by atoms with van der Waals surface area (Å²) in [6, 6.07) is 0.359. The van der Waals surface area contributed by atoms with Gasteiger partial charge in [-0.25, -0.2) is 0 Å². The maximum absolute atomic E-state index is 12.0. The lowest BCUT2D eigenvalue weighted by atomic mass is 9.86. The monoisotopic (exact) mass is 302 g/mol. The van der Waals surface area contributed by atoms with Gasteiger partial charge in [0.25, 0.3) is 0 Å². The molecule has 0 aromatic heterocycles. The zero-order valence-corrected chi connectivity index (χ0v) is 13.4. The van der Waals surface area contributed by atoms with Gasteiger partial charge in [0, 0.05) is 19.0 Å². The predicted molar refractivity (Wildman–Crippen MR) is 86.0 cm³/mol. The third-order valence-electron chi connectivity index (χ3n) is 4.86. The molecule has 2 aliphatic carbocycles. The first-order valence-corrected chi connectivity index (χ1v) is 8.26. The number of nitrogens with one attached hydrogen (secondary N) is 1. The van der Waals surface area contributed by atoms with E-state index in [-0.39, 0.29) is 18.3 Å². The number of nitrogens with two attached hydrogens (primary N) is 1. The zero-order valence-electron chi connectivity index (χ0n) is 12.6. The van der Waals surface area contributed by atoms with Crippen LogP contribution in [0.1, 0.15) is 70.6 Å². The molecule has 2 rings (SSSR count). The molecule has 0 bridgehead atoms. The Balaban J connectivity index is 0.00000200. The van der Waals surface area contributed by atoms with E-state index in [1.54, 1.807) is 0 Å². The lowest BCUT2D eigenvalue weighted by molar-refractivity contribution is -0.122. The normalized spacial score (nSPS) is 28.2. The van der Waals surface area contributed by atoms with E-state index in [2.05, 4.69) is 5.32 Å². The van der Waals surface area contributed by atoms with Gasteiger partial charge in [0.05, 0.1) is 0 Å². The highest BCUT2D eigenvalue weighted by Gasteiger charge is 2.20. The molecular formula is C16H31ClN2O. The Morgan fingerprint density at radius 3 is 2.25 bits per heavy atom. The van der Waals surface area contributed by atoms with Crippen LogP contribution < -0.4 is 11.1 Å². The van der Waals surface area contributed by atoms with Gasteiger partial charge in [-0.15, -0.1) is 12.4 Å². The van der Waals surface area contributed by atoms with Crippen LogP contribution in [0.4, 0.5) is 0 Å². The molecule has 2 fully saturated rings. The van der Waals surface area contributed by atoms with Gasteiger partial charge in [0.1, 0.15) is 0 Å². The van der Waals surface area contributed by atoms with Crippen molar-refractivity contribution in [1.29, 1.82) is 0 Å². The summed E-state index contributed by atoms with van der Waals surface area (Å²) in [5, 5.41) is 3.15. The van der Waals surface area contributed by atoms with Crippen molar-refractivity contribution < 1.29 is 4.79 Å². The Morgan fingerprint density at radius 1 is 0.950 bits per heavy atom. The van der Waals surface area contributed by atoms with E-state index in [0.717, 1.165) is 25.8 Å². The van der Waals surface area contributed by atoms with Gasteiger partial charge in [0.15, 0.2) is 0 Å². The molecule has 2 aliphatic rings. The van der Waals surface area contributed by atoms with Crippen molar-refractivity contribution >= 4 is 18.3 Å². The maximum atomic E-state index is 12.0. The molecule has 2 unspecified atom stereocenters.